The van der Waals surface area contributed by atoms with Gasteiger partial charge < -0.3 is 5.32 Å². The van der Waals surface area contributed by atoms with Crippen molar-refractivity contribution in [2.75, 3.05) is 5.32 Å². The first kappa shape index (κ1) is 14.9. The van der Waals surface area contributed by atoms with Crippen molar-refractivity contribution in [1.82, 2.24) is 0 Å². The Bertz CT molecular complexity index is 603. The van der Waals surface area contributed by atoms with Gasteiger partial charge in [0.25, 0.3) is 0 Å². The molecule has 0 spiro atoms. The van der Waals surface area contributed by atoms with E-state index in [0.717, 1.165) is 4.90 Å². The maximum Gasteiger partial charge on any atom is 0.237 e. The summed E-state index contributed by atoms with van der Waals surface area (Å²) in [7, 11) is 0. The largest absolute Gasteiger partial charge is 0.324 e. The van der Waals surface area contributed by atoms with Crippen molar-refractivity contribution in [3.63, 3.8) is 0 Å². The quantitative estimate of drug-likeness (QED) is 0.836. The Hall–Kier alpha value is -1.52. The minimum Gasteiger partial charge on any atom is -0.324 e. The molecule has 1 unspecified atom stereocenters. The molecule has 0 aliphatic carbocycles. The van der Waals surface area contributed by atoms with Crippen LogP contribution < -0.4 is 5.32 Å². The summed E-state index contributed by atoms with van der Waals surface area (Å²) in [5.74, 6) is -0.435. The maximum absolute atomic E-state index is 12.8. The molecule has 2 nitrogen and oxygen atoms in total. The van der Waals surface area contributed by atoms with Gasteiger partial charge in [-0.25, -0.2) is 4.39 Å². The van der Waals surface area contributed by atoms with Gasteiger partial charge >= 0.3 is 0 Å². The number of amides is 1. The highest BCUT2D eigenvalue weighted by Crippen LogP contribution is 2.26. The van der Waals surface area contributed by atoms with E-state index >= 15 is 0 Å². The van der Waals surface area contributed by atoms with E-state index in [9.17, 15) is 9.18 Å². The van der Waals surface area contributed by atoms with E-state index in [1.165, 1.54) is 23.9 Å². The summed E-state index contributed by atoms with van der Waals surface area (Å²) in [6.45, 7) is 1.79. The zero-order valence-corrected chi connectivity index (χ0v) is 12.3. The zero-order chi connectivity index (χ0) is 14.5. The van der Waals surface area contributed by atoms with Crippen LogP contribution in [-0.2, 0) is 4.79 Å². The van der Waals surface area contributed by atoms with Crippen LogP contribution in [0.1, 0.15) is 6.92 Å². The van der Waals surface area contributed by atoms with E-state index in [-0.39, 0.29) is 17.0 Å². The summed E-state index contributed by atoms with van der Waals surface area (Å²) in [6.07, 6.45) is 0. The molecule has 2 rings (SSSR count). The molecule has 1 N–H and O–H groups in total. The van der Waals surface area contributed by atoms with Crippen molar-refractivity contribution in [2.45, 2.75) is 17.1 Å². The van der Waals surface area contributed by atoms with Crippen LogP contribution in [0.3, 0.4) is 0 Å². The van der Waals surface area contributed by atoms with Crippen LogP contribution in [0.5, 0.6) is 0 Å². The normalized spacial score (nSPS) is 11.9. The molecular formula is C15H13ClFNOS. The Kier molecular flexibility index (Phi) is 5.04. The lowest BCUT2D eigenvalue weighted by molar-refractivity contribution is -0.115. The number of hydrogen-bond donors (Lipinski definition) is 1. The number of para-hydroxylation sites is 1. The van der Waals surface area contributed by atoms with Crippen molar-refractivity contribution < 1.29 is 9.18 Å². The van der Waals surface area contributed by atoms with Gasteiger partial charge in [0.2, 0.25) is 5.91 Å². The van der Waals surface area contributed by atoms with Crippen molar-refractivity contribution in [3.8, 4) is 0 Å². The summed E-state index contributed by atoms with van der Waals surface area (Å²) in [6, 6.07) is 13.1. The number of thioether (sulfide) groups is 1. The van der Waals surface area contributed by atoms with Crippen molar-refractivity contribution in [1.29, 1.82) is 0 Å². The Morgan fingerprint density at radius 3 is 2.50 bits per heavy atom. The molecule has 0 fully saturated rings. The van der Waals surface area contributed by atoms with E-state index in [1.54, 1.807) is 43.3 Å². The van der Waals surface area contributed by atoms with Crippen molar-refractivity contribution >= 4 is 35.0 Å². The fourth-order valence-electron chi connectivity index (χ4n) is 1.57. The van der Waals surface area contributed by atoms with Gasteiger partial charge in [0.1, 0.15) is 5.82 Å². The highest BCUT2D eigenvalue weighted by Gasteiger charge is 2.15. The lowest BCUT2D eigenvalue weighted by Gasteiger charge is -2.12. The standard InChI is InChI=1S/C15H13ClFNOS/c1-10(20-12-8-6-11(17)7-9-12)15(19)18-14-5-3-2-4-13(14)16/h2-10H,1H3,(H,18,19). The fraction of sp³-hybridized carbons (Fsp3) is 0.133. The first-order valence-electron chi connectivity index (χ1n) is 6.04. The topological polar surface area (TPSA) is 29.1 Å². The summed E-state index contributed by atoms with van der Waals surface area (Å²) in [5, 5.41) is 2.97. The molecule has 104 valence electrons. The second-order valence-electron chi connectivity index (χ2n) is 4.18. The van der Waals surface area contributed by atoms with Crippen LogP contribution >= 0.6 is 23.4 Å². The molecule has 0 bridgehead atoms. The Morgan fingerprint density at radius 1 is 1.20 bits per heavy atom. The van der Waals surface area contributed by atoms with Crippen molar-refractivity contribution in [3.05, 3.63) is 59.4 Å². The molecule has 0 aliphatic heterocycles. The minimum absolute atomic E-state index is 0.146. The summed E-state index contributed by atoms with van der Waals surface area (Å²) < 4.78 is 12.8. The summed E-state index contributed by atoms with van der Waals surface area (Å²) >= 11 is 7.35. The third-order valence-electron chi connectivity index (χ3n) is 2.63. The molecule has 0 saturated heterocycles. The average molecular weight is 310 g/mol. The third-order valence-corrected chi connectivity index (χ3v) is 4.07. The molecule has 0 aliphatic rings. The molecule has 20 heavy (non-hydrogen) atoms. The van der Waals surface area contributed by atoms with Gasteiger partial charge in [0.15, 0.2) is 0 Å². The van der Waals surface area contributed by atoms with Crippen LogP contribution in [0.15, 0.2) is 53.4 Å². The maximum atomic E-state index is 12.8. The number of halogens is 2. The Morgan fingerprint density at radius 2 is 1.85 bits per heavy atom. The van der Waals surface area contributed by atoms with E-state index in [2.05, 4.69) is 5.32 Å². The van der Waals surface area contributed by atoms with Gasteiger partial charge in [-0.2, -0.15) is 0 Å². The van der Waals surface area contributed by atoms with Crippen LogP contribution in [0.2, 0.25) is 5.02 Å². The van der Waals surface area contributed by atoms with Gasteiger partial charge in [-0.05, 0) is 43.3 Å². The Labute approximate surface area is 126 Å². The lowest BCUT2D eigenvalue weighted by atomic mass is 10.3. The molecule has 2 aromatic carbocycles. The first-order valence-corrected chi connectivity index (χ1v) is 7.29. The summed E-state index contributed by atoms with van der Waals surface area (Å²) in [4.78, 5) is 12.9. The van der Waals surface area contributed by atoms with Crippen LogP contribution in [0.4, 0.5) is 10.1 Å². The molecule has 5 heteroatoms. The Balaban J connectivity index is 1.99. The number of nitrogens with one attached hydrogen (secondary N) is 1. The number of benzene rings is 2. The third kappa shape index (κ3) is 3.99. The predicted molar refractivity (Wildman–Crippen MR) is 81.8 cm³/mol. The van der Waals surface area contributed by atoms with Gasteiger partial charge in [-0.15, -0.1) is 11.8 Å². The number of anilines is 1. The predicted octanol–water partition coefficient (Wildman–Crippen LogP) is 4.60. The molecule has 0 radical (unpaired) electrons. The van der Waals surface area contributed by atoms with Gasteiger partial charge in [0.05, 0.1) is 16.0 Å². The van der Waals surface area contributed by atoms with E-state index in [4.69, 9.17) is 11.6 Å². The van der Waals surface area contributed by atoms with Gasteiger partial charge in [0, 0.05) is 4.90 Å². The number of carbonyl (C=O) groups is 1. The molecule has 1 atom stereocenters. The van der Waals surface area contributed by atoms with Crippen LogP contribution in [0, 0.1) is 5.82 Å². The lowest BCUT2D eigenvalue weighted by Crippen LogP contribution is -2.22. The summed E-state index contributed by atoms with van der Waals surface area (Å²) in [5.41, 5.74) is 0.589. The monoisotopic (exact) mass is 309 g/mol. The molecule has 2 aromatic rings. The fourth-order valence-corrected chi connectivity index (χ4v) is 2.62. The zero-order valence-electron chi connectivity index (χ0n) is 10.8. The molecule has 1 amide bonds. The molecule has 0 heterocycles. The molecule has 0 aromatic heterocycles. The van der Waals surface area contributed by atoms with Crippen LogP contribution in [-0.4, -0.2) is 11.2 Å². The number of hydrogen-bond acceptors (Lipinski definition) is 2. The molecule has 0 saturated carbocycles. The number of carbonyl (C=O) groups excluding carboxylic acids is 1. The van der Waals surface area contributed by atoms with Gasteiger partial charge in [-0.1, -0.05) is 23.7 Å². The average Bonchev–Trinajstić information content (AvgIpc) is 2.44. The van der Waals surface area contributed by atoms with E-state index < -0.39 is 0 Å². The smallest absolute Gasteiger partial charge is 0.237 e. The highest BCUT2D eigenvalue weighted by atomic mass is 35.5. The molecular weight excluding hydrogens is 297 g/mol. The van der Waals surface area contributed by atoms with Gasteiger partial charge in [-0.3, -0.25) is 4.79 Å². The number of rotatable bonds is 4. The van der Waals surface area contributed by atoms with E-state index in [1.807, 2.05) is 0 Å². The second kappa shape index (κ2) is 6.77. The van der Waals surface area contributed by atoms with Crippen LogP contribution in [0.25, 0.3) is 0 Å². The SMILES string of the molecule is CC(Sc1ccc(F)cc1)C(=O)Nc1ccccc1Cl. The van der Waals surface area contributed by atoms with Crippen molar-refractivity contribution in [2.24, 2.45) is 0 Å². The second-order valence-corrected chi connectivity index (χ2v) is 6.00. The highest BCUT2D eigenvalue weighted by molar-refractivity contribution is 8.00. The first-order chi connectivity index (χ1) is 9.56. The van der Waals surface area contributed by atoms with E-state index in [0.29, 0.717) is 10.7 Å². The minimum atomic E-state index is -0.309.